The van der Waals surface area contributed by atoms with E-state index in [9.17, 15) is 4.79 Å². The van der Waals surface area contributed by atoms with E-state index in [0.717, 1.165) is 0 Å². The molecule has 0 aliphatic carbocycles. The van der Waals surface area contributed by atoms with Crippen molar-refractivity contribution in [3.05, 3.63) is 24.3 Å². The maximum atomic E-state index is 10.8. The molecule has 0 saturated carbocycles. The Bertz CT molecular complexity index is 285. The molecule has 0 saturated heterocycles. The van der Waals surface area contributed by atoms with Crippen LogP contribution in [-0.2, 0) is 4.79 Å². The fraction of sp³-hybridized carbons (Fsp3) is 0.125. The highest BCUT2D eigenvalue weighted by molar-refractivity contribution is 5.82. The number of hydrogen-bond acceptors (Lipinski definition) is 3. The lowest BCUT2D eigenvalue weighted by Gasteiger charge is -1.99. The van der Waals surface area contributed by atoms with Gasteiger partial charge in [0.2, 0.25) is 0 Å². The first-order chi connectivity index (χ1) is 5.72. The van der Waals surface area contributed by atoms with Crippen LogP contribution < -0.4 is 16.8 Å². The number of nitrogen functional groups attached to an aromatic ring is 1. The lowest BCUT2D eigenvalue weighted by atomic mass is 10.3. The third-order valence-corrected chi connectivity index (χ3v) is 1.30. The molecule has 4 nitrogen and oxygen atoms in total. The van der Waals surface area contributed by atoms with Gasteiger partial charge in [-0.3, -0.25) is 4.79 Å². The average molecular weight is 164 g/mol. The molecule has 0 aliphatic heterocycles. The highest BCUT2D eigenvalue weighted by Gasteiger charge is 2.00. The largest absolute Gasteiger partial charge is 0.399 e. The van der Waals surface area contributed by atoms with Crippen molar-refractivity contribution in [3.63, 3.8) is 0 Å². The van der Waals surface area contributed by atoms with Gasteiger partial charge >= 0.3 is 0 Å². The summed E-state index contributed by atoms with van der Waals surface area (Å²) in [4.78, 5) is 10.8. The van der Waals surface area contributed by atoms with E-state index in [1.807, 2.05) is 0 Å². The molecule has 12 heavy (non-hydrogen) atoms. The van der Waals surface area contributed by atoms with Gasteiger partial charge in [0.05, 0.1) is 12.2 Å². The van der Waals surface area contributed by atoms with Gasteiger partial charge in [-0.1, -0.05) is 6.07 Å². The summed E-state index contributed by atoms with van der Waals surface area (Å²) in [6.07, 6.45) is 0. The first kappa shape index (κ1) is 8.55. The van der Waals surface area contributed by atoms with Crippen LogP contribution in [0.1, 0.15) is 0 Å². The molecular formula is C8H10N3O. The van der Waals surface area contributed by atoms with Crippen LogP contribution in [0.2, 0.25) is 0 Å². The molecule has 0 bridgehead atoms. The predicted molar refractivity (Wildman–Crippen MR) is 46.7 cm³/mol. The zero-order valence-electron chi connectivity index (χ0n) is 6.53. The summed E-state index contributed by atoms with van der Waals surface area (Å²) in [5.74, 6) is -0.347. The fourth-order valence-corrected chi connectivity index (χ4v) is 0.784. The smallest absolute Gasteiger partial charge is 0.259 e. The van der Waals surface area contributed by atoms with Gasteiger partial charge in [-0.2, -0.15) is 0 Å². The number of amides is 1. The van der Waals surface area contributed by atoms with Gasteiger partial charge in [0.1, 0.15) is 0 Å². The van der Waals surface area contributed by atoms with E-state index in [1.54, 1.807) is 24.3 Å². The van der Waals surface area contributed by atoms with Crippen LogP contribution in [0.15, 0.2) is 24.3 Å². The van der Waals surface area contributed by atoms with Gasteiger partial charge in [0.15, 0.2) is 0 Å². The summed E-state index contributed by atoms with van der Waals surface area (Å²) in [5.41, 5.74) is 11.7. The number of hydrogen-bond donors (Lipinski definition) is 2. The standard InChI is InChI=1S/C8H10N3O/c9-5-8(12)11-7-3-1-2-6(10)4-7/h1-4H,5,9-10H2. The highest BCUT2D eigenvalue weighted by Crippen LogP contribution is 2.11. The van der Waals surface area contributed by atoms with Crippen LogP contribution in [0.5, 0.6) is 0 Å². The van der Waals surface area contributed by atoms with Crippen LogP contribution >= 0.6 is 0 Å². The highest BCUT2D eigenvalue weighted by atomic mass is 16.1. The second-order valence-electron chi connectivity index (χ2n) is 2.30. The third-order valence-electron chi connectivity index (χ3n) is 1.30. The molecule has 0 fully saturated rings. The quantitative estimate of drug-likeness (QED) is 0.603. The summed E-state index contributed by atoms with van der Waals surface area (Å²) >= 11 is 0. The number of nitrogens with zero attached hydrogens (tertiary/aromatic N) is 1. The Morgan fingerprint density at radius 3 is 2.83 bits per heavy atom. The number of carbonyl (C=O) groups is 1. The molecule has 1 radical (unpaired) electrons. The zero-order valence-corrected chi connectivity index (χ0v) is 6.53. The first-order valence-electron chi connectivity index (χ1n) is 3.52. The van der Waals surface area contributed by atoms with Gasteiger partial charge in [0.25, 0.3) is 5.91 Å². The average Bonchev–Trinajstić information content (AvgIpc) is 2.04. The van der Waals surface area contributed by atoms with Crippen molar-refractivity contribution < 1.29 is 4.79 Å². The molecule has 1 rings (SSSR count). The third kappa shape index (κ3) is 2.25. The maximum Gasteiger partial charge on any atom is 0.259 e. The maximum absolute atomic E-state index is 10.8. The predicted octanol–water partition coefficient (Wildman–Crippen LogP) is -0.0100. The van der Waals surface area contributed by atoms with Crippen LogP contribution in [0.4, 0.5) is 11.4 Å². The summed E-state index contributed by atoms with van der Waals surface area (Å²) < 4.78 is 0. The fourth-order valence-electron chi connectivity index (χ4n) is 0.784. The molecule has 0 aromatic heterocycles. The second kappa shape index (κ2) is 3.73. The summed E-state index contributed by atoms with van der Waals surface area (Å²) in [7, 11) is 0. The Hall–Kier alpha value is -1.55. The van der Waals surface area contributed by atoms with Gasteiger partial charge in [-0.15, -0.1) is 0 Å². The zero-order chi connectivity index (χ0) is 8.97. The molecule has 4 heteroatoms. The molecule has 0 atom stereocenters. The molecule has 1 aromatic carbocycles. The van der Waals surface area contributed by atoms with Gasteiger partial charge < -0.3 is 11.5 Å². The van der Waals surface area contributed by atoms with Crippen molar-refractivity contribution in [2.75, 3.05) is 12.3 Å². The summed E-state index contributed by atoms with van der Waals surface area (Å²) in [6.45, 7) is -0.0746. The normalized spacial score (nSPS) is 9.42. The Kier molecular flexibility index (Phi) is 2.66. The first-order valence-corrected chi connectivity index (χ1v) is 3.52. The van der Waals surface area contributed by atoms with Gasteiger partial charge in [-0.25, -0.2) is 5.32 Å². The van der Waals surface area contributed by atoms with Crippen LogP contribution in [0.3, 0.4) is 0 Å². The van der Waals surface area contributed by atoms with Crippen LogP contribution in [0, 0.1) is 0 Å². The van der Waals surface area contributed by atoms with Crippen molar-refractivity contribution in [2.45, 2.75) is 0 Å². The summed E-state index contributed by atoms with van der Waals surface area (Å²) in [6, 6.07) is 6.78. The van der Waals surface area contributed by atoms with Crippen molar-refractivity contribution in [2.24, 2.45) is 5.73 Å². The molecular weight excluding hydrogens is 154 g/mol. The Balaban J connectivity index is 2.69. The minimum absolute atomic E-state index is 0.0746. The van der Waals surface area contributed by atoms with E-state index < -0.39 is 0 Å². The van der Waals surface area contributed by atoms with E-state index in [4.69, 9.17) is 11.5 Å². The van der Waals surface area contributed by atoms with E-state index in [-0.39, 0.29) is 12.5 Å². The van der Waals surface area contributed by atoms with Crippen molar-refractivity contribution >= 4 is 17.3 Å². The number of anilines is 1. The van der Waals surface area contributed by atoms with E-state index in [0.29, 0.717) is 11.4 Å². The Morgan fingerprint density at radius 2 is 2.25 bits per heavy atom. The van der Waals surface area contributed by atoms with E-state index in [1.165, 1.54) is 0 Å². The lowest BCUT2D eigenvalue weighted by molar-refractivity contribution is -0.118. The molecule has 1 amide bonds. The molecule has 63 valence electrons. The number of carbonyl (C=O) groups excluding carboxylic acids is 1. The minimum atomic E-state index is -0.347. The topological polar surface area (TPSA) is 83.2 Å². The Morgan fingerprint density at radius 1 is 1.50 bits per heavy atom. The van der Waals surface area contributed by atoms with Crippen molar-refractivity contribution in [1.82, 2.24) is 5.32 Å². The SMILES string of the molecule is NCC(=O)[N]c1cccc(N)c1. The van der Waals surface area contributed by atoms with Crippen molar-refractivity contribution in [3.8, 4) is 0 Å². The van der Waals surface area contributed by atoms with E-state index in [2.05, 4.69) is 5.32 Å². The molecule has 0 heterocycles. The molecule has 0 aliphatic rings. The minimum Gasteiger partial charge on any atom is -0.399 e. The second-order valence-corrected chi connectivity index (χ2v) is 2.30. The lowest BCUT2D eigenvalue weighted by Crippen LogP contribution is -2.20. The van der Waals surface area contributed by atoms with Crippen LogP contribution in [0.25, 0.3) is 0 Å². The molecule has 4 N–H and O–H groups in total. The molecule has 0 spiro atoms. The molecule has 1 aromatic rings. The van der Waals surface area contributed by atoms with Gasteiger partial charge in [-0.05, 0) is 18.2 Å². The summed E-state index contributed by atoms with van der Waals surface area (Å²) in [5, 5.41) is 3.69. The number of benzene rings is 1. The van der Waals surface area contributed by atoms with Crippen molar-refractivity contribution in [1.29, 1.82) is 0 Å². The molecule has 0 unspecified atom stereocenters. The monoisotopic (exact) mass is 164 g/mol. The van der Waals surface area contributed by atoms with Crippen LogP contribution in [-0.4, -0.2) is 12.5 Å². The Labute approximate surface area is 70.6 Å². The number of nitrogens with two attached hydrogens (primary N) is 2. The number of rotatable bonds is 2. The van der Waals surface area contributed by atoms with E-state index >= 15 is 0 Å². The van der Waals surface area contributed by atoms with Gasteiger partial charge in [0, 0.05) is 5.69 Å².